The topological polar surface area (TPSA) is 56.7 Å². The summed E-state index contributed by atoms with van der Waals surface area (Å²) in [6.07, 6.45) is 0. The van der Waals surface area contributed by atoms with Crippen molar-refractivity contribution >= 4 is 76.1 Å². The Balaban J connectivity index is 1.15. The number of para-hydroxylation sites is 1. The van der Waals surface area contributed by atoms with Gasteiger partial charge in [0.15, 0.2) is 17.5 Å². The van der Waals surface area contributed by atoms with E-state index in [0.29, 0.717) is 17.5 Å². The van der Waals surface area contributed by atoms with E-state index in [1.165, 1.54) is 10.8 Å². The van der Waals surface area contributed by atoms with Crippen LogP contribution < -0.4 is 0 Å². The molecule has 68 heavy (non-hydrogen) atoms. The van der Waals surface area contributed by atoms with Crippen LogP contribution in [0.25, 0.3) is 138 Å². The predicted molar refractivity (Wildman–Crippen MR) is 281 cm³/mol. The lowest BCUT2D eigenvalue weighted by Gasteiger charge is -2.19. The molecular weight excluding hydrogens is 829 g/mol. The molecule has 316 valence electrons. The summed E-state index contributed by atoms with van der Waals surface area (Å²) in [7, 11) is 0. The molecule has 14 aromatic rings. The highest BCUT2D eigenvalue weighted by Gasteiger charge is 2.28. The maximum atomic E-state index is 7.18. The van der Waals surface area contributed by atoms with Crippen molar-refractivity contribution in [2.24, 2.45) is 0 Å². The maximum Gasteiger partial charge on any atom is 0.170 e. The zero-order chi connectivity index (χ0) is 44.7. The van der Waals surface area contributed by atoms with Crippen LogP contribution in [0.5, 0.6) is 0 Å². The first-order chi connectivity index (χ1) is 33.7. The number of hydrogen-bond acceptors (Lipinski definition) is 4. The molecule has 0 atom stereocenters. The zero-order valence-corrected chi connectivity index (χ0v) is 36.6. The molecule has 0 saturated carbocycles. The Morgan fingerprint density at radius 2 is 0.735 bits per heavy atom. The fourth-order valence-electron chi connectivity index (χ4n) is 10.4. The summed E-state index contributed by atoms with van der Waals surface area (Å²) >= 11 is 0. The Bertz CT molecular complexity index is 4130. The Kier molecular flexibility index (Phi) is 8.52. The van der Waals surface area contributed by atoms with Crippen LogP contribution in [0, 0.1) is 0 Å². The van der Waals surface area contributed by atoms with Gasteiger partial charge < -0.3 is 8.98 Å². The average Bonchev–Trinajstić information content (AvgIpc) is 3.94. The largest absolute Gasteiger partial charge is 0.455 e. The Morgan fingerprint density at radius 3 is 1.29 bits per heavy atom. The summed E-state index contributed by atoms with van der Waals surface area (Å²) in [6.45, 7) is 0. The standard InChI is InChI=1S/C63H38N4O/c1-3-17-39(18-4-1)41-25-15-27-47(33-41)61-64-62(48-28-16-26-42(34-48)40-19-5-2-6-20-40)66-63(65-61)58-59(50-30-12-11-29-49(50)57-51-31-13-14-32-56(51)68-60(57)58)67-54-37-45-23-9-7-21-43(45)35-52(54)53-36-44-22-8-10-24-46(44)38-55(53)67/h1-38H. The number of rotatable bonds is 6. The highest BCUT2D eigenvalue weighted by atomic mass is 16.3. The molecule has 5 nitrogen and oxygen atoms in total. The molecule has 14 rings (SSSR count). The predicted octanol–water partition coefficient (Wildman–Crippen LogP) is 16.7. The van der Waals surface area contributed by atoms with Crippen LogP contribution in [-0.2, 0) is 0 Å². The van der Waals surface area contributed by atoms with E-state index < -0.39 is 0 Å². The molecule has 0 spiro atoms. The second kappa shape index (κ2) is 15.2. The molecule has 0 saturated heterocycles. The molecule has 0 N–H and O–H groups in total. The molecule has 0 aliphatic rings. The van der Waals surface area contributed by atoms with Crippen LogP contribution in [0.4, 0.5) is 0 Å². The Labute approximate surface area is 390 Å². The van der Waals surface area contributed by atoms with E-state index in [9.17, 15) is 0 Å². The van der Waals surface area contributed by atoms with Gasteiger partial charge in [-0.1, -0.05) is 188 Å². The lowest BCUT2D eigenvalue weighted by molar-refractivity contribution is 0.669. The SMILES string of the molecule is c1ccc(-c2cccc(-c3nc(-c4cccc(-c5ccccc5)c4)nc(-c4c(-n5c6cc7ccccc7cc6c6cc7ccccc7cc65)c5ccccc5c5c4oc4ccccc45)n3)c2)cc1. The van der Waals surface area contributed by atoms with Crippen LogP contribution in [0.1, 0.15) is 0 Å². The van der Waals surface area contributed by atoms with E-state index >= 15 is 0 Å². The molecule has 3 aromatic heterocycles. The third kappa shape index (κ3) is 6.06. The van der Waals surface area contributed by atoms with E-state index in [2.05, 4.69) is 217 Å². The maximum absolute atomic E-state index is 7.18. The number of benzene rings is 11. The van der Waals surface area contributed by atoms with Gasteiger partial charge in [-0.15, -0.1) is 0 Å². The first-order valence-electron chi connectivity index (χ1n) is 23.0. The summed E-state index contributed by atoms with van der Waals surface area (Å²) in [5, 5.41) is 11.2. The van der Waals surface area contributed by atoms with Crippen molar-refractivity contribution in [3.05, 3.63) is 231 Å². The number of furan rings is 1. The highest BCUT2D eigenvalue weighted by molar-refractivity contribution is 6.27. The minimum Gasteiger partial charge on any atom is -0.455 e. The number of fused-ring (bicyclic) bond motifs is 10. The second-order valence-electron chi connectivity index (χ2n) is 17.5. The number of nitrogens with zero attached hydrogens (tertiary/aromatic N) is 4. The third-order valence-corrected chi connectivity index (χ3v) is 13.5. The number of aromatic nitrogens is 4. The Morgan fingerprint density at radius 1 is 0.309 bits per heavy atom. The van der Waals surface area contributed by atoms with Gasteiger partial charge in [0.05, 0.1) is 22.3 Å². The van der Waals surface area contributed by atoms with Gasteiger partial charge in [-0.2, -0.15) is 0 Å². The van der Waals surface area contributed by atoms with Crippen molar-refractivity contribution in [1.82, 2.24) is 19.5 Å². The normalized spacial score (nSPS) is 11.8. The summed E-state index contributed by atoms with van der Waals surface area (Å²) in [6, 6.07) is 81.6. The highest BCUT2D eigenvalue weighted by Crippen LogP contribution is 2.48. The monoisotopic (exact) mass is 866 g/mol. The van der Waals surface area contributed by atoms with Crippen LogP contribution in [0.2, 0.25) is 0 Å². The van der Waals surface area contributed by atoms with E-state index in [1.807, 2.05) is 18.2 Å². The first kappa shape index (κ1) is 38.1. The minimum absolute atomic E-state index is 0.515. The summed E-state index contributed by atoms with van der Waals surface area (Å²) < 4.78 is 9.63. The fraction of sp³-hybridized carbons (Fsp3) is 0. The molecule has 11 aromatic carbocycles. The second-order valence-corrected chi connectivity index (χ2v) is 17.5. The van der Waals surface area contributed by atoms with Crippen LogP contribution in [0.3, 0.4) is 0 Å². The molecule has 0 radical (unpaired) electrons. The molecule has 0 unspecified atom stereocenters. The van der Waals surface area contributed by atoms with Gasteiger partial charge >= 0.3 is 0 Å². The van der Waals surface area contributed by atoms with E-state index in [0.717, 1.165) is 110 Å². The van der Waals surface area contributed by atoms with Crippen molar-refractivity contribution < 1.29 is 4.42 Å². The summed E-state index contributed by atoms with van der Waals surface area (Å²) in [5.41, 5.74) is 11.6. The van der Waals surface area contributed by atoms with Crippen molar-refractivity contribution in [2.45, 2.75) is 0 Å². The van der Waals surface area contributed by atoms with E-state index in [1.54, 1.807) is 0 Å². The Hall–Kier alpha value is -9.19. The molecule has 0 aliphatic carbocycles. The van der Waals surface area contributed by atoms with Crippen molar-refractivity contribution in [2.75, 3.05) is 0 Å². The molecular formula is C63H38N4O. The van der Waals surface area contributed by atoms with Gasteiger partial charge in [-0.05, 0) is 91.6 Å². The van der Waals surface area contributed by atoms with Gasteiger partial charge in [-0.3, -0.25) is 0 Å². The lowest BCUT2D eigenvalue weighted by atomic mass is 9.96. The van der Waals surface area contributed by atoms with Gasteiger partial charge in [0.2, 0.25) is 0 Å². The van der Waals surface area contributed by atoms with Gasteiger partial charge in [-0.25, -0.2) is 15.0 Å². The van der Waals surface area contributed by atoms with Gasteiger partial charge in [0.1, 0.15) is 11.2 Å². The molecule has 0 fully saturated rings. The first-order valence-corrected chi connectivity index (χ1v) is 23.0. The molecule has 3 heterocycles. The van der Waals surface area contributed by atoms with Crippen molar-refractivity contribution in [1.29, 1.82) is 0 Å². The van der Waals surface area contributed by atoms with Gasteiger partial charge in [0.25, 0.3) is 0 Å². The third-order valence-electron chi connectivity index (χ3n) is 13.5. The molecule has 0 amide bonds. The van der Waals surface area contributed by atoms with Crippen LogP contribution in [-0.4, -0.2) is 19.5 Å². The van der Waals surface area contributed by atoms with E-state index in [-0.39, 0.29) is 0 Å². The number of hydrogen-bond donors (Lipinski definition) is 0. The van der Waals surface area contributed by atoms with Crippen molar-refractivity contribution in [3.8, 4) is 62.1 Å². The molecule has 5 heteroatoms. The molecule has 0 aliphatic heterocycles. The van der Waals surface area contributed by atoms with Crippen LogP contribution in [0.15, 0.2) is 235 Å². The van der Waals surface area contributed by atoms with E-state index in [4.69, 9.17) is 19.4 Å². The fourth-order valence-corrected chi connectivity index (χ4v) is 10.4. The van der Waals surface area contributed by atoms with Crippen molar-refractivity contribution in [3.63, 3.8) is 0 Å². The zero-order valence-electron chi connectivity index (χ0n) is 36.6. The minimum atomic E-state index is 0.515. The quantitative estimate of drug-likeness (QED) is 0.167. The lowest BCUT2D eigenvalue weighted by Crippen LogP contribution is -2.05. The summed E-state index contributed by atoms with van der Waals surface area (Å²) in [4.78, 5) is 16.5. The van der Waals surface area contributed by atoms with Gasteiger partial charge in [0, 0.05) is 38.1 Å². The smallest absolute Gasteiger partial charge is 0.170 e. The molecule has 0 bridgehead atoms. The van der Waals surface area contributed by atoms with Crippen LogP contribution >= 0.6 is 0 Å². The average molecular weight is 867 g/mol. The summed E-state index contributed by atoms with van der Waals surface area (Å²) in [5.74, 6) is 1.65.